The van der Waals surface area contributed by atoms with Gasteiger partial charge in [-0.25, -0.2) is 0 Å². The number of carboxylic acids is 1. The Kier molecular flexibility index (Phi) is 6.36. The average Bonchev–Trinajstić information content (AvgIpc) is 2.55. The van der Waals surface area contributed by atoms with E-state index in [-0.39, 0.29) is 12.3 Å². The van der Waals surface area contributed by atoms with E-state index < -0.39 is 5.97 Å². The second kappa shape index (κ2) is 8.73. The standard InChI is InChI=1S/C19H21NO3/c21-18(8-4-7-15-5-2-1-3-6-15)20-17-12-9-16(10-13-17)11-14-19(22)23/h1-3,5-6,9-10,12-13H,4,7-8,11,14H2,(H,20,21)(H,22,23). The Hall–Kier alpha value is -2.62. The van der Waals surface area contributed by atoms with Crippen LogP contribution in [0.25, 0.3) is 0 Å². The lowest BCUT2D eigenvalue weighted by atomic mass is 10.1. The predicted octanol–water partition coefficient (Wildman–Crippen LogP) is 3.67. The van der Waals surface area contributed by atoms with Gasteiger partial charge in [0.05, 0.1) is 0 Å². The maximum absolute atomic E-state index is 11.9. The highest BCUT2D eigenvalue weighted by molar-refractivity contribution is 5.90. The molecule has 0 aromatic heterocycles. The van der Waals surface area contributed by atoms with Crippen LogP contribution in [0.4, 0.5) is 5.69 Å². The van der Waals surface area contributed by atoms with Crippen molar-refractivity contribution in [3.8, 4) is 0 Å². The summed E-state index contributed by atoms with van der Waals surface area (Å²) in [6, 6.07) is 17.4. The van der Waals surface area contributed by atoms with Gasteiger partial charge < -0.3 is 10.4 Å². The molecule has 0 aliphatic heterocycles. The van der Waals surface area contributed by atoms with Crippen molar-refractivity contribution >= 4 is 17.6 Å². The van der Waals surface area contributed by atoms with Gasteiger partial charge in [0.25, 0.3) is 0 Å². The topological polar surface area (TPSA) is 66.4 Å². The minimum absolute atomic E-state index is 0.000725. The lowest BCUT2D eigenvalue weighted by Crippen LogP contribution is -2.11. The minimum Gasteiger partial charge on any atom is -0.481 e. The molecule has 2 aromatic rings. The van der Waals surface area contributed by atoms with E-state index in [2.05, 4.69) is 17.4 Å². The summed E-state index contributed by atoms with van der Waals surface area (Å²) in [5.41, 5.74) is 2.94. The van der Waals surface area contributed by atoms with Gasteiger partial charge in [-0.3, -0.25) is 9.59 Å². The van der Waals surface area contributed by atoms with Crippen molar-refractivity contribution in [2.24, 2.45) is 0 Å². The molecule has 2 rings (SSSR count). The Morgan fingerprint density at radius 1 is 0.826 bits per heavy atom. The van der Waals surface area contributed by atoms with E-state index in [4.69, 9.17) is 5.11 Å². The molecule has 0 radical (unpaired) electrons. The van der Waals surface area contributed by atoms with Crippen LogP contribution in [0.2, 0.25) is 0 Å². The lowest BCUT2D eigenvalue weighted by Gasteiger charge is -2.06. The zero-order valence-electron chi connectivity index (χ0n) is 13.0. The average molecular weight is 311 g/mol. The summed E-state index contributed by atoms with van der Waals surface area (Å²) >= 11 is 0. The number of benzene rings is 2. The monoisotopic (exact) mass is 311 g/mol. The summed E-state index contributed by atoms with van der Waals surface area (Å²) < 4.78 is 0. The molecule has 0 aliphatic rings. The minimum atomic E-state index is -0.805. The molecular formula is C19H21NO3. The normalized spacial score (nSPS) is 10.3. The fourth-order valence-electron chi connectivity index (χ4n) is 2.33. The molecule has 2 aromatic carbocycles. The molecule has 0 unspecified atom stereocenters. The zero-order valence-corrected chi connectivity index (χ0v) is 13.0. The number of carbonyl (C=O) groups is 2. The van der Waals surface area contributed by atoms with E-state index in [1.54, 1.807) is 0 Å². The van der Waals surface area contributed by atoms with Crippen LogP contribution >= 0.6 is 0 Å². The van der Waals surface area contributed by atoms with Crippen LogP contribution in [0, 0.1) is 0 Å². The summed E-state index contributed by atoms with van der Waals surface area (Å²) in [4.78, 5) is 22.4. The molecule has 0 atom stereocenters. The van der Waals surface area contributed by atoms with Crippen LogP contribution in [0.5, 0.6) is 0 Å². The van der Waals surface area contributed by atoms with Crippen LogP contribution in [0.15, 0.2) is 54.6 Å². The van der Waals surface area contributed by atoms with E-state index >= 15 is 0 Å². The number of carbonyl (C=O) groups excluding carboxylic acids is 1. The molecule has 0 aliphatic carbocycles. The van der Waals surface area contributed by atoms with Gasteiger partial charge in [0.1, 0.15) is 0 Å². The zero-order chi connectivity index (χ0) is 16.5. The van der Waals surface area contributed by atoms with Gasteiger partial charge >= 0.3 is 5.97 Å². The number of aryl methyl sites for hydroxylation is 2. The molecule has 0 heterocycles. The number of amides is 1. The third kappa shape index (κ3) is 6.34. The highest BCUT2D eigenvalue weighted by atomic mass is 16.4. The van der Waals surface area contributed by atoms with Crippen molar-refractivity contribution in [1.82, 2.24) is 0 Å². The van der Waals surface area contributed by atoms with Gasteiger partial charge in [-0.15, -0.1) is 0 Å². The van der Waals surface area contributed by atoms with E-state index in [1.165, 1.54) is 5.56 Å². The molecule has 0 fully saturated rings. The largest absolute Gasteiger partial charge is 0.481 e. The molecule has 0 saturated carbocycles. The SMILES string of the molecule is O=C(O)CCc1ccc(NC(=O)CCCc2ccccc2)cc1. The van der Waals surface area contributed by atoms with Crippen molar-refractivity contribution in [1.29, 1.82) is 0 Å². The molecule has 0 saturated heterocycles. The summed E-state index contributed by atoms with van der Waals surface area (Å²) in [6.07, 6.45) is 2.80. The molecule has 4 nitrogen and oxygen atoms in total. The number of rotatable bonds is 8. The summed E-state index contributed by atoms with van der Waals surface area (Å²) in [5.74, 6) is -0.806. The number of aliphatic carboxylic acids is 1. The molecule has 0 bridgehead atoms. The van der Waals surface area contributed by atoms with Crippen molar-refractivity contribution in [3.05, 3.63) is 65.7 Å². The van der Waals surface area contributed by atoms with Gasteiger partial charge in [0.2, 0.25) is 5.91 Å². The second-order valence-corrected chi connectivity index (χ2v) is 5.48. The van der Waals surface area contributed by atoms with Crippen molar-refractivity contribution in [3.63, 3.8) is 0 Å². The maximum Gasteiger partial charge on any atom is 0.303 e. The Bertz CT molecular complexity index is 635. The molecule has 1 amide bonds. The third-order valence-electron chi connectivity index (χ3n) is 3.58. The van der Waals surface area contributed by atoms with Crippen molar-refractivity contribution in [2.45, 2.75) is 32.1 Å². The summed E-state index contributed by atoms with van der Waals surface area (Å²) in [6.45, 7) is 0. The number of anilines is 1. The van der Waals surface area contributed by atoms with Gasteiger partial charge in [-0.1, -0.05) is 42.5 Å². The molecule has 23 heavy (non-hydrogen) atoms. The Balaban J connectivity index is 1.73. The van der Waals surface area contributed by atoms with Crippen LogP contribution < -0.4 is 5.32 Å². The van der Waals surface area contributed by atoms with E-state index in [0.717, 1.165) is 24.1 Å². The fraction of sp³-hybridized carbons (Fsp3) is 0.263. The van der Waals surface area contributed by atoms with Crippen LogP contribution in [0.3, 0.4) is 0 Å². The molecule has 0 spiro atoms. The first-order valence-electron chi connectivity index (χ1n) is 7.78. The summed E-state index contributed by atoms with van der Waals surface area (Å²) in [7, 11) is 0. The molecule has 2 N–H and O–H groups in total. The van der Waals surface area contributed by atoms with Crippen molar-refractivity contribution in [2.75, 3.05) is 5.32 Å². The third-order valence-corrected chi connectivity index (χ3v) is 3.58. The van der Waals surface area contributed by atoms with E-state index in [1.807, 2.05) is 42.5 Å². The van der Waals surface area contributed by atoms with Crippen LogP contribution in [0.1, 0.15) is 30.4 Å². The summed E-state index contributed by atoms with van der Waals surface area (Å²) in [5, 5.41) is 11.5. The Labute approximate surface area is 136 Å². The molecule has 120 valence electrons. The van der Waals surface area contributed by atoms with Gasteiger partial charge in [0, 0.05) is 18.5 Å². The van der Waals surface area contributed by atoms with Gasteiger partial charge in [-0.05, 0) is 42.5 Å². The molecular weight excluding hydrogens is 290 g/mol. The number of nitrogens with one attached hydrogen (secondary N) is 1. The second-order valence-electron chi connectivity index (χ2n) is 5.48. The highest BCUT2D eigenvalue weighted by Gasteiger charge is 2.04. The van der Waals surface area contributed by atoms with E-state index in [0.29, 0.717) is 12.8 Å². The van der Waals surface area contributed by atoms with Gasteiger partial charge in [-0.2, -0.15) is 0 Å². The number of carboxylic acid groups (broad SMARTS) is 1. The van der Waals surface area contributed by atoms with Gasteiger partial charge in [0.15, 0.2) is 0 Å². The highest BCUT2D eigenvalue weighted by Crippen LogP contribution is 2.12. The van der Waals surface area contributed by atoms with E-state index in [9.17, 15) is 9.59 Å². The first-order chi connectivity index (χ1) is 11.1. The van der Waals surface area contributed by atoms with Crippen LogP contribution in [-0.2, 0) is 22.4 Å². The Morgan fingerprint density at radius 3 is 2.13 bits per heavy atom. The maximum atomic E-state index is 11.9. The molecule has 4 heteroatoms. The Morgan fingerprint density at radius 2 is 1.48 bits per heavy atom. The smallest absolute Gasteiger partial charge is 0.303 e. The first-order valence-corrected chi connectivity index (χ1v) is 7.78. The first kappa shape index (κ1) is 16.7. The number of hydrogen-bond donors (Lipinski definition) is 2. The quantitative estimate of drug-likeness (QED) is 0.781. The number of hydrogen-bond acceptors (Lipinski definition) is 2. The fourth-order valence-corrected chi connectivity index (χ4v) is 2.33. The predicted molar refractivity (Wildman–Crippen MR) is 90.4 cm³/mol. The van der Waals surface area contributed by atoms with Crippen LogP contribution in [-0.4, -0.2) is 17.0 Å². The van der Waals surface area contributed by atoms with Crippen molar-refractivity contribution < 1.29 is 14.7 Å². The lowest BCUT2D eigenvalue weighted by molar-refractivity contribution is -0.137.